The number of carbonyl (C=O) groups is 1. The number of hydrogen-bond donors (Lipinski definition) is 2. The van der Waals surface area contributed by atoms with Crippen LogP contribution in [0.1, 0.15) is 44.3 Å². The van der Waals surface area contributed by atoms with Gasteiger partial charge in [-0.05, 0) is 51.1 Å². The summed E-state index contributed by atoms with van der Waals surface area (Å²) in [5.41, 5.74) is 0.0419. The lowest BCUT2D eigenvalue weighted by atomic mass is 9.93. The number of unbranched alkanes of at least 4 members (excludes halogenated alkanes) is 1. The molecule has 9 nitrogen and oxygen atoms in total. The lowest BCUT2D eigenvalue weighted by molar-refractivity contribution is -0.140. The molecular weight excluding hydrogens is 362 g/mol. The van der Waals surface area contributed by atoms with Crippen molar-refractivity contribution in [2.24, 2.45) is 13.0 Å². The highest BCUT2D eigenvalue weighted by atomic mass is 16.5. The average molecular weight is 391 g/mol. The minimum Gasteiger partial charge on any atom is -0.469 e. The lowest BCUT2D eigenvalue weighted by Gasteiger charge is -2.21. The van der Waals surface area contributed by atoms with Crippen molar-refractivity contribution in [3.63, 3.8) is 0 Å². The number of imidazole rings is 1. The largest absolute Gasteiger partial charge is 0.469 e. The molecule has 154 valence electrons. The topological polar surface area (TPSA) is 111 Å². The summed E-state index contributed by atoms with van der Waals surface area (Å²) in [5, 5.41) is 3.36. The van der Waals surface area contributed by atoms with Gasteiger partial charge < -0.3 is 15.0 Å². The van der Waals surface area contributed by atoms with Gasteiger partial charge in [-0.1, -0.05) is 0 Å². The molecule has 28 heavy (non-hydrogen) atoms. The third kappa shape index (κ3) is 4.52. The minimum atomic E-state index is -0.382. The fourth-order valence-electron chi connectivity index (χ4n) is 3.77. The highest BCUT2D eigenvalue weighted by molar-refractivity contribution is 5.70. The Kier molecular flexibility index (Phi) is 6.66. The molecule has 0 amide bonds. The Balaban J connectivity index is 1.74. The van der Waals surface area contributed by atoms with Gasteiger partial charge >= 0.3 is 11.7 Å². The molecule has 1 aliphatic rings. The number of nitrogens with one attached hydrogen (secondary N) is 2. The van der Waals surface area contributed by atoms with Crippen molar-refractivity contribution in [2.45, 2.75) is 51.5 Å². The second-order valence-corrected chi connectivity index (χ2v) is 7.45. The van der Waals surface area contributed by atoms with Gasteiger partial charge in [-0.25, -0.2) is 9.78 Å². The summed E-state index contributed by atoms with van der Waals surface area (Å²) >= 11 is 0. The summed E-state index contributed by atoms with van der Waals surface area (Å²) in [4.78, 5) is 44.2. The molecule has 1 aliphatic heterocycles. The number of aryl methyl sites for hydroxylation is 2. The number of H-pyrrole nitrogens is 1. The number of aromatic amines is 1. The Morgan fingerprint density at radius 3 is 2.71 bits per heavy atom. The molecule has 3 heterocycles. The minimum absolute atomic E-state index is 0.266. The second-order valence-electron chi connectivity index (χ2n) is 7.45. The fourth-order valence-corrected chi connectivity index (χ4v) is 3.77. The smallest absolute Gasteiger partial charge is 0.332 e. The van der Waals surface area contributed by atoms with Crippen molar-refractivity contribution in [1.29, 1.82) is 0 Å². The maximum atomic E-state index is 12.8. The summed E-state index contributed by atoms with van der Waals surface area (Å²) in [7, 11) is 2.98. The summed E-state index contributed by atoms with van der Waals surface area (Å²) in [6.45, 7) is 2.38. The van der Waals surface area contributed by atoms with Gasteiger partial charge in [-0.15, -0.1) is 0 Å². The standard InChI is InChI=1S/C19H29N5O4/c1-23-17-16(21-14(22-17)7-6-13-8-10-20-11-9-13)18(26)24(19(23)27)12-4-3-5-15(25)28-2/h13,20H,3-12H2,1-2H3,(H,21,22). The number of nitrogens with zero attached hydrogens (tertiary/aromatic N) is 3. The molecule has 0 radical (unpaired) electrons. The van der Waals surface area contributed by atoms with Crippen LogP contribution in [0.4, 0.5) is 0 Å². The fraction of sp³-hybridized carbons (Fsp3) is 0.684. The van der Waals surface area contributed by atoms with E-state index in [0.29, 0.717) is 29.9 Å². The number of esters is 1. The molecule has 9 heteroatoms. The molecular formula is C19H29N5O4. The first-order valence-corrected chi connectivity index (χ1v) is 9.97. The van der Waals surface area contributed by atoms with Crippen molar-refractivity contribution in [2.75, 3.05) is 20.2 Å². The van der Waals surface area contributed by atoms with Crippen LogP contribution in [0.15, 0.2) is 9.59 Å². The monoisotopic (exact) mass is 391 g/mol. The first kappa shape index (κ1) is 20.3. The SMILES string of the molecule is COC(=O)CCCCn1c(=O)c2[nH]c(CCC3CCNCC3)nc2n(C)c1=O. The van der Waals surface area contributed by atoms with E-state index in [1.165, 1.54) is 16.2 Å². The maximum Gasteiger partial charge on any atom is 0.332 e. The summed E-state index contributed by atoms with van der Waals surface area (Å²) in [5.74, 6) is 1.14. The summed E-state index contributed by atoms with van der Waals surface area (Å²) in [6, 6.07) is 0. The Labute approximate surface area is 163 Å². The molecule has 0 aromatic carbocycles. The van der Waals surface area contributed by atoms with Gasteiger partial charge in [-0.2, -0.15) is 0 Å². The lowest BCUT2D eigenvalue weighted by Crippen LogP contribution is -2.39. The van der Waals surface area contributed by atoms with Crippen LogP contribution >= 0.6 is 0 Å². The first-order valence-electron chi connectivity index (χ1n) is 9.97. The predicted octanol–water partition coefficient (Wildman–Crippen LogP) is 0.699. The normalized spacial score (nSPS) is 15.2. The van der Waals surface area contributed by atoms with Crippen molar-refractivity contribution in [3.8, 4) is 0 Å². The molecule has 0 unspecified atom stereocenters. The highest BCUT2D eigenvalue weighted by Gasteiger charge is 2.17. The molecule has 2 N–H and O–H groups in total. The van der Waals surface area contributed by atoms with Gasteiger partial charge in [0, 0.05) is 26.4 Å². The molecule has 0 saturated carbocycles. The molecule has 1 saturated heterocycles. The van der Waals surface area contributed by atoms with Crippen LogP contribution in [0.2, 0.25) is 0 Å². The zero-order chi connectivity index (χ0) is 20.1. The first-order chi connectivity index (χ1) is 13.5. The number of piperidine rings is 1. The van der Waals surface area contributed by atoms with E-state index in [1.54, 1.807) is 7.05 Å². The van der Waals surface area contributed by atoms with Crippen molar-refractivity contribution in [1.82, 2.24) is 24.4 Å². The number of hydrogen-bond acceptors (Lipinski definition) is 6. The number of aromatic nitrogens is 4. The van der Waals surface area contributed by atoms with Crippen LogP contribution in [0.5, 0.6) is 0 Å². The van der Waals surface area contributed by atoms with Crippen LogP contribution in [0.25, 0.3) is 11.2 Å². The predicted molar refractivity (Wildman–Crippen MR) is 105 cm³/mol. The van der Waals surface area contributed by atoms with Crippen LogP contribution < -0.4 is 16.6 Å². The van der Waals surface area contributed by atoms with Gasteiger partial charge in [-0.3, -0.25) is 18.7 Å². The Bertz CT molecular complexity index is 936. The Morgan fingerprint density at radius 2 is 2.00 bits per heavy atom. The number of fused-ring (bicyclic) bond motifs is 1. The summed E-state index contributed by atoms with van der Waals surface area (Å²) in [6.07, 6.45) is 5.51. The highest BCUT2D eigenvalue weighted by Crippen LogP contribution is 2.18. The molecule has 2 aromatic rings. The van der Waals surface area contributed by atoms with E-state index in [1.807, 2.05) is 0 Å². The third-order valence-electron chi connectivity index (χ3n) is 5.52. The van der Waals surface area contributed by atoms with Crippen LogP contribution in [-0.4, -0.2) is 45.3 Å². The van der Waals surface area contributed by atoms with Crippen LogP contribution in [0.3, 0.4) is 0 Å². The summed E-state index contributed by atoms with van der Waals surface area (Å²) < 4.78 is 7.24. The van der Waals surface area contributed by atoms with Gasteiger partial charge in [0.25, 0.3) is 5.56 Å². The molecule has 0 spiro atoms. The van der Waals surface area contributed by atoms with Crippen molar-refractivity contribution < 1.29 is 9.53 Å². The molecule has 0 atom stereocenters. The van der Waals surface area contributed by atoms with E-state index in [-0.39, 0.29) is 30.2 Å². The van der Waals surface area contributed by atoms with Gasteiger partial charge in [0.1, 0.15) is 11.3 Å². The molecule has 1 fully saturated rings. The van der Waals surface area contributed by atoms with Crippen LogP contribution in [-0.2, 0) is 29.5 Å². The van der Waals surface area contributed by atoms with Crippen LogP contribution in [0, 0.1) is 5.92 Å². The number of methoxy groups -OCH3 is 1. The van der Waals surface area contributed by atoms with E-state index >= 15 is 0 Å². The van der Waals surface area contributed by atoms with E-state index in [4.69, 9.17) is 0 Å². The molecule has 2 aromatic heterocycles. The Morgan fingerprint density at radius 1 is 1.25 bits per heavy atom. The number of rotatable bonds is 8. The van der Waals surface area contributed by atoms with Gasteiger partial charge in [0.05, 0.1) is 7.11 Å². The Hall–Kier alpha value is -2.42. The van der Waals surface area contributed by atoms with E-state index in [0.717, 1.165) is 44.6 Å². The van der Waals surface area contributed by atoms with Gasteiger partial charge in [0.2, 0.25) is 0 Å². The maximum absolute atomic E-state index is 12.8. The number of carbonyl (C=O) groups excluding carboxylic acids is 1. The second kappa shape index (κ2) is 9.18. The third-order valence-corrected chi connectivity index (χ3v) is 5.52. The van der Waals surface area contributed by atoms with Crippen molar-refractivity contribution in [3.05, 3.63) is 26.7 Å². The molecule has 0 bridgehead atoms. The molecule has 3 rings (SSSR count). The average Bonchev–Trinajstić information content (AvgIpc) is 3.15. The van der Waals surface area contributed by atoms with E-state index in [2.05, 4.69) is 20.0 Å². The zero-order valence-corrected chi connectivity index (χ0v) is 16.6. The van der Waals surface area contributed by atoms with Crippen molar-refractivity contribution >= 4 is 17.1 Å². The molecule has 0 aliphatic carbocycles. The van der Waals surface area contributed by atoms with E-state index in [9.17, 15) is 14.4 Å². The van der Waals surface area contributed by atoms with E-state index < -0.39 is 0 Å². The zero-order valence-electron chi connectivity index (χ0n) is 16.6. The quantitative estimate of drug-likeness (QED) is 0.506. The number of ether oxygens (including phenoxy) is 1. The van der Waals surface area contributed by atoms with Gasteiger partial charge in [0.15, 0.2) is 5.65 Å².